The summed E-state index contributed by atoms with van der Waals surface area (Å²) in [5, 5.41) is 2.48. The summed E-state index contributed by atoms with van der Waals surface area (Å²) in [6.07, 6.45) is -1.56. The number of hydrogen-bond acceptors (Lipinski definition) is 7. The fourth-order valence-electron chi connectivity index (χ4n) is 4.01. The van der Waals surface area contributed by atoms with E-state index in [1.165, 1.54) is 11.8 Å². The SMILES string of the molecule is CC(=O)NC[C@H]1CN(c2cc(F)c(N3CCN(P4(=O)OCC(F)(F)C(F)(F)CO4)CC3)c(F)c2)C(=O)O1. The van der Waals surface area contributed by atoms with Gasteiger partial charge in [0.2, 0.25) is 5.91 Å². The number of rotatable bonds is 5. The number of piperazine rings is 1. The number of nitrogens with one attached hydrogen (secondary N) is 1. The summed E-state index contributed by atoms with van der Waals surface area (Å²) in [5.74, 6) is -11.5. The van der Waals surface area contributed by atoms with Crippen molar-refractivity contribution in [3.8, 4) is 0 Å². The number of anilines is 2. The van der Waals surface area contributed by atoms with E-state index in [0.29, 0.717) is 0 Å². The highest BCUT2D eigenvalue weighted by Gasteiger charge is 2.61. The largest absolute Gasteiger partial charge is 0.442 e. The van der Waals surface area contributed by atoms with Crippen molar-refractivity contribution >= 4 is 31.1 Å². The monoisotopic (exact) mass is 560 g/mol. The molecule has 0 aliphatic carbocycles. The highest BCUT2D eigenvalue weighted by atomic mass is 31.2. The smallest absolute Gasteiger partial charge is 0.414 e. The standard InChI is InChI=1S/C20H23F6N4O6P/c1-12(31)27-8-14-9-30(18(32)36-14)13-6-15(21)17(16(22)7-13)28-2-4-29(5-3-28)37(33)34-10-19(23,24)20(25,26)11-35-37/h6-7,14H,2-5,8-11H2,1H3,(H,27,31)/t14-/m0/s1. The van der Waals surface area contributed by atoms with Gasteiger partial charge in [0.25, 0.3) is 0 Å². The maximum absolute atomic E-state index is 15.0. The van der Waals surface area contributed by atoms with E-state index in [2.05, 4.69) is 14.4 Å². The molecule has 4 rings (SSSR count). The Morgan fingerprint density at radius 3 is 2.11 bits per heavy atom. The predicted octanol–water partition coefficient (Wildman–Crippen LogP) is 2.97. The Hall–Kier alpha value is -2.55. The number of amides is 2. The Morgan fingerprint density at radius 2 is 1.59 bits per heavy atom. The number of hydrogen-bond donors (Lipinski definition) is 1. The highest BCUT2D eigenvalue weighted by Crippen LogP contribution is 2.57. The minimum absolute atomic E-state index is 0.0253. The lowest BCUT2D eigenvalue weighted by molar-refractivity contribution is -0.222. The zero-order valence-corrected chi connectivity index (χ0v) is 20.3. The molecule has 37 heavy (non-hydrogen) atoms. The van der Waals surface area contributed by atoms with Crippen LogP contribution in [0.4, 0.5) is 42.5 Å². The number of carbonyl (C=O) groups excluding carboxylic acids is 2. The van der Waals surface area contributed by atoms with Gasteiger partial charge >= 0.3 is 25.7 Å². The summed E-state index contributed by atoms with van der Waals surface area (Å²) >= 11 is 0. The van der Waals surface area contributed by atoms with Gasteiger partial charge in [-0.2, -0.15) is 17.6 Å². The number of cyclic esters (lactones) is 1. The molecule has 0 spiro atoms. The first kappa shape index (κ1) is 27.5. The molecule has 1 aromatic carbocycles. The molecule has 3 heterocycles. The molecule has 0 saturated carbocycles. The van der Waals surface area contributed by atoms with E-state index in [4.69, 9.17) is 4.74 Å². The van der Waals surface area contributed by atoms with E-state index in [1.807, 2.05) is 0 Å². The maximum Gasteiger partial charge on any atom is 0.414 e. The highest BCUT2D eigenvalue weighted by molar-refractivity contribution is 7.51. The van der Waals surface area contributed by atoms with E-state index in [-0.39, 0.29) is 50.9 Å². The zero-order chi connectivity index (χ0) is 27.2. The number of nitrogens with zero attached hydrogens (tertiary/aromatic N) is 3. The van der Waals surface area contributed by atoms with E-state index in [1.54, 1.807) is 0 Å². The van der Waals surface area contributed by atoms with Crippen molar-refractivity contribution < 1.29 is 54.3 Å². The molecule has 3 saturated heterocycles. The topological polar surface area (TPSA) is 101 Å². The van der Waals surface area contributed by atoms with Crippen LogP contribution in [0.25, 0.3) is 0 Å². The fourth-order valence-corrected chi connectivity index (χ4v) is 5.73. The molecule has 17 heteroatoms. The van der Waals surface area contributed by atoms with Crippen LogP contribution in [0.1, 0.15) is 6.92 Å². The number of benzene rings is 1. The van der Waals surface area contributed by atoms with Crippen LogP contribution in [0.2, 0.25) is 0 Å². The summed E-state index contributed by atoms with van der Waals surface area (Å²) in [7, 11) is -4.51. The molecule has 0 unspecified atom stereocenters. The van der Waals surface area contributed by atoms with Gasteiger partial charge in [-0.25, -0.2) is 22.8 Å². The van der Waals surface area contributed by atoms with Crippen molar-refractivity contribution in [2.24, 2.45) is 0 Å². The predicted molar refractivity (Wildman–Crippen MR) is 116 cm³/mol. The Morgan fingerprint density at radius 1 is 1.05 bits per heavy atom. The molecule has 1 aromatic rings. The molecule has 206 valence electrons. The minimum Gasteiger partial charge on any atom is -0.442 e. The van der Waals surface area contributed by atoms with E-state index >= 15 is 0 Å². The van der Waals surface area contributed by atoms with Crippen LogP contribution in [0.3, 0.4) is 0 Å². The number of ether oxygens (including phenoxy) is 1. The molecule has 3 aliphatic heterocycles. The van der Waals surface area contributed by atoms with Crippen LogP contribution in [0.5, 0.6) is 0 Å². The lowest BCUT2D eigenvalue weighted by Crippen LogP contribution is -2.46. The van der Waals surface area contributed by atoms with Crippen molar-refractivity contribution in [3.05, 3.63) is 23.8 Å². The van der Waals surface area contributed by atoms with Crippen molar-refractivity contribution in [2.75, 3.05) is 62.3 Å². The van der Waals surface area contributed by atoms with Crippen LogP contribution >= 0.6 is 7.75 Å². The van der Waals surface area contributed by atoms with Crippen LogP contribution < -0.4 is 15.1 Å². The van der Waals surface area contributed by atoms with Crippen molar-refractivity contribution in [1.82, 2.24) is 9.99 Å². The Labute approximate surface area is 207 Å². The zero-order valence-electron chi connectivity index (χ0n) is 19.4. The first-order valence-corrected chi connectivity index (χ1v) is 12.6. The van der Waals surface area contributed by atoms with E-state index < -0.39 is 62.3 Å². The van der Waals surface area contributed by atoms with Crippen molar-refractivity contribution in [1.29, 1.82) is 0 Å². The lowest BCUT2D eigenvalue weighted by Gasteiger charge is -2.38. The molecule has 3 fully saturated rings. The molecule has 0 bridgehead atoms. The van der Waals surface area contributed by atoms with Crippen LogP contribution in [-0.4, -0.2) is 87.1 Å². The molecule has 3 aliphatic rings. The van der Waals surface area contributed by atoms with Gasteiger partial charge in [0.1, 0.15) is 25.0 Å². The van der Waals surface area contributed by atoms with Gasteiger partial charge in [-0.1, -0.05) is 0 Å². The number of alkyl halides is 4. The molecule has 1 atom stereocenters. The third-order valence-corrected chi connectivity index (χ3v) is 8.04. The minimum atomic E-state index is -4.58. The van der Waals surface area contributed by atoms with Crippen LogP contribution in [-0.2, 0) is 23.1 Å². The summed E-state index contributed by atoms with van der Waals surface area (Å²) in [4.78, 5) is 25.5. The van der Waals surface area contributed by atoms with Gasteiger partial charge in [-0.15, -0.1) is 0 Å². The fraction of sp³-hybridized carbons (Fsp3) is 0.600. The van der Waals surface area contributed by atoms with E-state index in [0.717, 1.165) is 21.7 Å². The Bertz CT molecular complexity index is 1070. The van der Waals surface area contributed by atoms with Crippen molar-refractivity contribution in [2.45, 2.75) is 24.9 Å². The summed E-state index contributed by atoms with van der Waals surface area (Å²) in [5.41, 5.74) is -0.566. The van der Waals surface area contributed by atoms with E-state index in [9.17, 15) is 40.5 Å². The molecular weight excluding hydrogens is 537 g/mol. The van der Waals surface area contributed by atoms with Gasteiger partial charge < -0.3 is 15.0 Å². The normalized spacial score (nSPS) is 25.5. The third-order valence-electron chi connectivity index (χ3n) is 6.04. The molecular formula is C20H23F6N4O6P. The average molecular weight is 560 g/mol. The first-order valence-electron chi connectivity index (χ1n) is 11.1. The Balaban J connectivity index is 1.42. The lowest BCUT2D eigenvalue weighted by atomic mass is 10.2. The Kier molecular flexibility index (Phi) is 7.40. The molecule has 1 N–H and O–H groups in total. The van der Waals surface area contributed by atoms with Gasteiger partial charge in [-0.05, 0) is 0 Å². The third kappa shape index (κ3) is 5.52. The number of carbonyl (C=O) groups is 2. The number of halogens is 6. The van der Waals surface area contributed by atoms with Gasteiger partial charge in [0.15, 0.2) is 11.6 Å². The summed E-state index contributed by atoms with van der Waals surface area (Å²) in [6, 6.07) is 1.85. The molecule has 2 amide bonds. The molecule has 0 aromatic heterocycles. The average Bonchev–Trinajstić information content (AvgIpc) is 3.17. The summed E-state index contributed by atoms with van der Waals surface area (Å²) in [6.45, 7) is -3.20. The quantitative estimate of drug-likeness (QED) is 0.434. The van der Waals surface area contributed by atoms with Gasteiger partial charge in [0, 0.05) is 45.2 Å². The molecule has 10 nitrogen and oxygen atoms in total. The van der Waals surface area contributed by atoms with Crippen molar-refractivity contribution in [3.63, 3.8) is 0 Å². The van der Waals surface area contributed by atoms with Gasteiger partial charge in [-0.3, -0.25) is 18.7 Å². The maximum atomic E-state index is 15.0. The molecule has 0 radical (unpaired) electrons. The second-order valence-corrected chi connectivity index (χ2v) is 10.7. The second-order valence-electron chi connectivity index (χ2n) is 8.68. The van der Waals surface area contributed by atoms with Crippen LogP contribution in [0, 0.1) is 11.6 Å². The van der Waals surface area contributed by atoms with Crippen LogP contribution in [0.15, 0.2) is 12.1 Å². The summed E-state index contributed by atoms with van der Waals surface area (Å²) < 4.78 is 112. The van der Waals surface area contributed by atoms with Gasteiger partial charge in [0.05, 0.1) is 18.8 Å². The first-order chi connectivity index (χ1) is 17.2. The second kappa shape index (κ2) is 9.97.